The molecule has 1 aliphatic carbocycles. The molecule has 2 heteroatoms. The van der Waals surface area contributed by atoms with Gasteiger partial charge in [-0.05, 0) is 43.6 Å². The van der Waals surface area contributed by atoms with Crippen LogP contribution < -0.4 is 11.5 Å². The van der Waals surface area contributed by atoms with E-state index < -0.39 is 0 Å². The van der Waals surface area contributed by atoms with Crippen molar-refractivity contribution in [2.75, 3.05) is 6.54 Å². The first kappa shape index (κ1) is 10.0. The molecule has 0 saturated heterocycles. The highest BCUT2D eigenvalue weighted by Gasteiger charge is 2.29. The molecule has 0 amide bonds. The van der Waals surface area contributed by atoms with Gasteiger partial charge in [-0.1, -0.05) is 13.8 Å². The van der Waals surface area contributed by atoms with Gasteiger partial charge in [0.25, 0.3) is 0 Å². The smallest absolute Gasteiger partial charge is 0.00421 e. The van der Waals surface area contributed by atoms with Crippen LogP contribution in [-0.4, -0.2) is 12.6 Å². The van der Waals surface area contributed by atoms with Gasteiger partial charge in [-0.2, -0.15) is 0 Å². The Bertz CT molecular complexity index is 134. The van der Waals surface area contributed by atoms with Gasteiger partial charge in [0.2, 0.25) is 0 Å². The van der Waals surface area contributed by atoms with Crippen LogP contribution in [0.15, 0.2) is 0 Å². The van der Waals surface area contributed by atoms with Crippen molar-refractivity contribution in [3.63, 3.8) is 0 Å². The Kier molecular flexibility index (Phi) is 3.53. The normalized spacial score (nSPS) is 37.2. The van der Waals surface area contributed by atoms with E-state index in [2.05, 4.69) is 13.8 Å². The zero-order valence-corrected chi connectivity index (χ0v) is 8.29. The summed E-state index contributed by atoms with van der Waals surface area (Å²) in [6.45, 7) is 5.41. The molecule has 1 saturated carbocycles. The van der Waals surface area contributed by atoms with Gasteiger partial charge >= 0.3 is 0 Å². The van der Waals surface area contributed by atoms with E-state index in [1.807, 2.05) is 0 Å². The molecule has 0 aromatic rings. The monoisotopic (exact) mass is 170 g/mol. The molecular formula is C10H22N2. The first-order valence-electron chi connectivity index (χ1n) is 5.10. The number of rotatable bonds is 2. The molecule has 12 heavy (non-hydrogen) atoms. The van der Waals surface area contributed by atoms with E-state index in [1.165, 1.54) is 12.8 Å². The average Bonchev–Trinajstić information content (AvgIpc) is 2.03. The van der Waals surface area contributed by atoms with Crippen molar-refractivity contribution in [3.05, 3.63) is 0 Å². The molecule has 1 fully saturated rings. The van der Waals surface area contributed by atoms with Gasteiger partial charge in [0.1, 0.15) is 0 Å². The number of nitrogens with two attached hydrogens (primary N) is 2. The molecule has 0 aliphatic heterocycles. The molecule has 2 nitrogen and oxygen atoms in total. The van der Waals surface area contributed by atoms with Gasteiger partial charge in [0, 0.05) is 6.04 Å². The first-order valence-corrected chi connectivity index (χ1v) is 5.10. The maximum absolute atomic E-state index is 5.91. The van der Waals surface area contributed by atoms with E-state index in [4.69, 9.17) is 11.5 Å². The lowest BCUT2D eigenvalue weighted by Crippen LogP contribution is -2.38. The van der Waals surface area contributed by atoms with E-state index in [0.717, 1.165) is 24.8 Å². The minimum Gasteiger partial charge on any atom is -0.330 e. The van der Waals surface area contributed by atoms with Gasteiger partial charge in [0.05, 0.1) is 0 Å². The third kappa shape index (κ3) is 2.20. The molecule has 0 spiro atoms. The fourth-order valence-electron chi connectivity index (χ4n) is 2.47. The van der Waals surface area contributed by atoms with E-state index in [1.54, 1.807) is 0 Å². The van der Waals surface area contributed by atoms with Crippen LogP contribution >= 0.6 is 0 Å². The van der Waals surface area contributed by atoms with Gasteiger partial charge in [-0.3, -0.25) is 0 Å². The first-order chi connectivity index (χ1) is 5.65. The van der Waals surface area contributed by atoms with Crippen LogP contribution in [0.3, 0.4) is 0 Å². The lowest BCUT2D eigenvalue weighted by molar-refractivity contribution is 0.171. The van der Waals surface area contributed by atoms with Crippen LogP contribution in [0.5, 0.6) is 0 Å². The summed E-state index contributed by atoms with van der Waals surface area (Å²) in [4.78, 5) is 0. The third-order valence-electron chi connectivity index (χ3n) is 3.24. The maximum Gasteiger partial charge on any atom is 0.00421 e. The second-order valence-electron chi connectivity index (χ2n) is 4.48. The summed E-state index contributed by atoms with van der Waals surface area (Å²) in [5.74, 6) is 2.26. The molecule has 0 heterocycles. The zero-order valence-electron chi connectivity index (χ0n) is 8.29. The molecule has 1 rings (SSSR count). The summed E-state index contributed by atoms with van der Waals surface area (Å²) >= 11 is 0. The maximum atomic E-state index is 5.91. The largest absolute Gasteiger partial charge is 0.330 e. The Morgan fingerprint density at radius 2 is 2.00 bits per heavy atom. The highest BCUT2D eigenvalue weighted by Crippen LogP contribution is 2.33. The predicted molar refractivity (Wildman–Crippen MR) is 52.7 cm³/mol. The van der Waals surface area contributed by atoms with Gasteiger partial charge in [-0.25, -0.2) is 0 Å². The van der Waals surface area contributed by atoms with Crippen LogP contribution in [0.25, 0.3) is 0 Å². The van der Waals surface area contributed by atoms with Crippen molar-refractivity contribution in [2.24, 2.45) is 29.2 Å². The standard InChI is InChI=1S/C10H22N2/c1-7(2)10-4-3-9(12)5-8(10)6-11/h7-10H,3-6,11-12H2,1-2H3. The quantitative estimate of drug-likeness (QED) is 0.657. The Morgan fingerprint density at radius 1 is 1.33 bits per heavy atom. The Balaban J connectivity index is 2.50. The summed E-state index contributed by atoms with van der Waals surface area (Å²) < 4.78 is 0. The molecule has 0 radical (unpaired) electrons. The Morgan fingerprint density at radius 3 is 2.50 bits per heavy atom. The molecule has 3 atom stereocenters. The summed E-state index contributed by atoms with van der Waals surface area (Å²) in [5, 5.41) is 0. The van der Waals surface area contributed by atoms with E-state index >= 15 is 0 Å². The molecule has 0 aromatic heterocycles. The van der Waals surface area contributed by atoms with Crippen molar-refractivity contribution < 1.29 is 0 Å². The van der Waals surface area contributed by atoms with Crippen LogP contribution in [0.1, 0.15) is 33.1 Å². The summed E-state index contributed by atoms with van der Waals surface area (Å²) in [6, 6.07) is 0.411. The third-order valence-corrected chi connectivity index (χ3v) is 3.24. The molecular weight excluding hydrogens is 148 g/mol. The van der Waals surface area contributed by atoms with Gasteiger partial charge in [0.15, 0.2) is 0 Å². The lowest BCUT2D eigenvalue weighted by Gasteiger charge is -2.36. The van der Waals surface area contributed by atoms with Gasteiger partial charge in [-0.15, -0.1) is 0 Å². The van der Waals surface area contributed by atoms with Crippen molar-refractivity contribution in [2.45, 2.75) is 39.2 Å². The van der Waals surface area contributed by atoms with Crippen LogP contribution in [0.2, 0.25) is 0 Å². The van der Waals surface area contributed by atoms with E-state index in [-0.39, 0.29) is 0 Å². The Labute approximate surface area is 75.7 Å². The topological polar surface area (TPSA) is 52.0 Å². The summed E-state index contributed by atoms with van der Waals surface area (Å²) in [7, 11) is 0. The van der Waals surface area contributed by atoms with Crippen molar-refractivity contribution >= 4 is 0 Å². The van der Waals surface area contributed by atoms with Crippen LogP contribution in [-0.2, 0) is 0 Å². The molecule has 3 unspecified atom stereocenters. The van der Waals surface area contributed by atoms with Crippen LogP contribution in [0.4, 0.5) is 0 Å². The van der Waals surface area contributed by atoms with Crippen LogP contribution in [0, 0.1) is 17.8 Å². The van der Waals surface area contributed by atoms with Crippen molar-refractivity contribution in [1.82, 2.24) is 0 Å². The second-order valence-corrected chi connectivity index (χ2v) is 4.48. The fourth-order valence-corrected chi connectivity index (χ4v) is 2.47. The zero-order chi connectivity index (χ0) is 9.14. The van der Waals surface area contributed by atoms with E-state index in [9.17, 15) is 0 Å². The molecule has 1 aliphatic rings. The van der Waals surface area contributed by atoms with Crippen molar-refractivity contribution in [3.8, 4) is 0 Å². The average molecular weight is 170 g/mol. The minimum absolute atomic E-state index is 0.411. The lowest BCUT2D eigenvalue weighted by atomic mass is 9.72. The minimum atomic E-state index is 0.411. The highest BCUT2D eigenvalue weighted by atomic mass is 14.7. The summed E-state index contributed by atoms with van der Waals surface area (Å²) in [5.41, 5.74) is 11.6. The van der Waals surface area contributed by atoms with Gasteiger partial charge < -0.3 is 11.5 Å². The van der Waals surface area contributed by atoms with E-state index in [0.29, 0.717) is 12.0 Å². The SMILES string of the molecule is CC(C)C1CCC(N)CC1CN. The molecule has 0 aromatic carbocycles. The number of hydrogen-bond acceptors (Lipinski definition) is 2. The summed E-state index contributed by atoms with van der Waals surface area (Å²) in [6.07, 6.45) is 3.61. The molecule has 4 N–H and O–H groups in total. The predicted octanol–water partition coefficient (Wildman–Crippen LogP) is 1.34. The second kappa shape index (κ2) is 4.24. The van der Waals surface area contributed by atoms with Crippen molar-refractivity contribution in [1.29, 1.82) is 0 Å². The highest BCUT2D eigenvalue weighted by molar-refractivity contribution is 4.83. The fraction of sp³-hybridized carbons (Fsp3) is 1.00. The molecule has 0 bridgehead atoms. The number of hydrogen-bond donors (Lipinski definition) is 2. The Hall–Kier alpha value is -0.0800. The molecule has 72 valence electrons.